The minimum absolute atomic E-state index is 0.141. The molecular formula is C19H21NO4S. The maximum atomic E-state index is 12.2. The number of nitrogens with zero attached hydrogens (tertiary/aromatic N) is 1. The van der Waals surface area contributed by atoms with Crippen LogP contribution in [0.4, 0.5) is 4.79 Å². The maximum absolute atomic E-state index is 12.2. The van der Waals surface area contributed by atoms with Gasteiger partial charge < -0.3 is 9.47 Å². The largest absolute Gasteiger partial charge is 0.459 e. The van der Waals surface area contributed by atoms with Crippen LogP contribution in [-0.2, 0) is 27.5 Å². The number of benzene rings is 2. The van der Waals surface area contributed by atoms with Crippen LogP contribution in [0.1, 0.15) is 11.1 Å². The number of ether oxygens (including phenoxy) is 2. The van der Waals surface area contributed by atoms with Crippen molar-refractivity contribution in [1.29, 1.82) is 0 Å². The Morgan fingerprint density at radius 2 is 1.40 bits per heavy atom. The van der Waals surface area contributed by atoms with E-state index in [1.165, 1.54) is 11.9 Å². The zero-order valence-electron chi connectivity index (χ0n) is 14.0. The van der Waals surface area contributed by atoms with Crippen molar-refractivity contribution in [3.8, 4) is 0 Å². The molecule has 0 bridgehead atoms. The highest BCUT2D eigenvalue weighted by atomic mass is 32.1. The molecule has 0 aromatic heterocycles. The van der Waals surface area contributed by atoms with Crippen LogP contribution in [0.15, 0.2) is 60.7 Å². The monoisotopic (exact) mass is 359 g/mol. The molecule has 2 aromatic rings. The molecular weight excluding hydrogens is 338 g/mol. The van der Waals surface area contributed by atoms with E-state index in [4.69, 9.17) is 9.47 Å². The molecule has 6 heteroatoms. The van der Waals surface area contributed by atoms with E-state index in [0.717, 1.165) is 11.1 Å². The summed E-state index contributed by atoms with van der Waals surface area (Å²) in [5, 5.41) is 0. The second kappa shape index (κ2) is 9.74. The first-order chi connectivity index (χ1) is 12.1. The van der Waals surface area contributed by atoms with Gasteiger partial charge in [-0.1, -0.05) is 60.7 Å². The second-order valence-electron chi connectivity index (χ2n) is 5.44. The van der Waals surface area contributed by atoms with E-state index in [2.05, 4.69) is 12.6 Å². The predicted molar refractivity (Wildman–Crippen MR) is 98.3 cm³/mol. The summed E-state index contributed by atoms with van der Waals surface area (Å²) in [6, 6.07) is 17.9. The molecule has 2 aromatic carbocycles. The Morgan fingerprint density at radius 1 is 0.920 bits per heavy atom. The van der Waals surface area contributed by atoms with Crippen molar-refractivity contribution in [3.63, 3.8) is 0 Å². The molecule has 0 radical (unpaired) electrons. The van der Waals surface area contributed by atoms with Crippen LogP contribution in [0.25, 0.3) is 0 Å². The number of hydrogen-bond donors (Lipinski definition) is 1. The Labute approximate surface area is 153 Å². The lowest BCUT2D eigenvalue weighted by Crippen LogP contribution is -2.44. The van der Waals surface area contributed by atoms with E-state index < -0.39 is 18.1 Å². The van der Waals surface area contributed by atoms with Crippen LogP contribution in [0.2, 0.25) is 0 Å². The first-order valence-corrected chi connectivity index (χ1v) is 8.50. The van der Waals surface area contributed by atoms with Crippen molar-refractivity contribution in [1.82, 2.24) is 4.90 Å². The van der Waals surface area contributed by atoms with Gasteiger partial charge in [-0.05, 0) is 11.1 Å². The summed E-state index contributed by atoms with van der Waals surface area (Å²) in [4.78, 5) is 25.6. The summed E-state index contributed by atoms with van der Waals surface area (Å²) in [7, 11) is 1.50. The third-order valence-electron chi connectivity index (χ3n) is 3.63. The van der Waals surface area contributed by atoms with Crippen LogP contribution in [-0.4, -0.2) is 35.8 Å². The zero-order chi connectivity index (χ0) is 18.1. The number of carbonyl (C=O) groups is 2. The molecule has 0 N–H and O–H groups in total. The molecule has 5 nitrogen and oxygen atoms in total. The second-order valence-corrected chi connectivity index (χ2v) is 5.81. The average molecular weight is 359 g/mol. The third kappa shape index (κ3) is 5.83. The third-order valence-corrected chi connectivity index (χ3v) is 3.98. The Bertz CT molecular complexity index is 678. The van der Waals surface area contributed by atoms with Crippen LogP contribution in [0.3, 0.4) is 0 Å². The van der Waals surface area contributed by atoms with Gasteiger partial charge in [0, 0.05) is 12.8 Å². The molecule has 0 unspecified atom stereocenters. The van der Waals surface area contributed by atoms with Gasteiger partial charge in [0.1, 0.15) is 19.3 Å². The van der Waals surface area contributed by atoms with E-state index in [1.54, 1.807) is 0 Å². The lowest BCUT2D eigenvalue weighted by Gasteiger charge is -2.24. The number of amides is 1. The first-order valence-electron chi connectivity index (χ1n) is 7.86. The van der Waals surface area contributed by atoms with Crippen molar-refractivity contribution in [2.75, 3.05) is 12.8 Å². The predicted octanol–water partition coefficient (Wildman–Crippen LogP) is 3.30. The molecule has 132 valence electrons. The molecule has 25 heavy (non-hydrogen) atoms. The normalized spacial score (nSPS) is 11.4. The van der Waals surface area contributed by atoms with E-state index >= 15 is 0 Å². The van der Waals surface area contributed by atoms with Gasteiger partial charge in [-0.15, -0.1) is 0 Å². The summed E-state index contributed by atoms with van der Waals surface area (Å²) in [6.45, 7) is 0.291. The van der Waals surface area contributed by atoms with Gasteiger partial charge in [0.05, 0.1) is 0 Å². The van der Waals surface area contributed by atoms with Gasteiger partial charge in [0.25, 0.3) is 0 Å². The number of esters is 1. The smallest absolute Gasteiger partial charge is 0.410 e. The molecule has 1 amide bonds. The fourth-order valence-electron chi connectivity index (χ4n) is 2.13. The summed E-state index contributed by atoms with van der Waals surface area (Å²) < 4.78 is 10.5. The summed E-state index contributed by atoms with van der Waals surface area (Å²) in [6.07, 6.45) is -0.598. The summed E-state index contributed by atoms with van der Waals surface area (Å²) in [5.74, 6) is -0.372. The van der Waals surface area contributed by atoms with E-state index in [9.17, 15) is 9.59 Å². The van der Waals surface area contributed by atoms with Crippen molar-refractivity contribution >= 4 is 24.7 Å². The van der Waals surface area contributed by atoms with Crippen LogP contribution in [0, 0.1) is 0 Å². The van der Waals surface area contributed by atoms with Gasteiger partial charge in [0.2, 0.25) is 0 Å². The Balaban J connectivity index is 1.86. The van der Waals surface area contributed by atoms with E-state index in [-0.39, 0.29) is 19.0 Å². The van der Waals surface area contributed by atoms with Gasteiger partial charge in [0.15, 0.2) is 0 Å². The van der Waals surface area contributed by atoms with Gasteiger partial charge in [-0.2, -0.15) is 12.6 Å². The standard InChI is InChI=1S/C19H21NO4S/c1-20(19(22)24-13-16-10-6-3-7-11-16)17(14-25)18(21)23-12-15-8-4-2-5-9-15/h2-11,17,25H,12-14H2,1H3/t17-/m0/s1. The summed E-state index contributed by atoms with van der Waals surface area (Å²) in [5.41, 5.74) is 1.75. The molecule has 0 spiro atoms. The molecule has 1 atom stereocenters. The lowest BCUT2D eigenvalue weighted by atomic mass is 10.2. The van der Waals surface area contributed by atoms with Gasteiger partial charge >= 0.3 is 12.1 Å². The minimum Gasteiger partial charge on any atom is -0.459 e. The topological polar surface area (TPSA) is 55.8 Å². The first kappa shape index (κ1) is 18.9. The minimum atomic E-state index is -0.810. The number of carbonyl (C=O) groups excluding carboxylic acids is 2. The number of likely N-dealkylation sites (N-methyl/N-ethyl adjacent to an activating group) is 1. The maximum Gasteiger partial charge on any atom is 0.410 e. The SMILES string of the molecule is CN(C(=O)OCc1ccccc1)[C@@H](CS)C(=O)OCc1ccccc1. The molecule has 0 aliphatic heterocycles. The highest BCUT2D eigenvalue weighted by Crippen LogP contribution is 2.09. The molecule has 0 saturated heterocycles. The number of hydrogen-bond acceptors (Lipinski definition) is 5. The summed E-state index contributed by atoms with van der Waals surface area (Å²) >= 11 is 4.16. The van der Waals surface area contributed by atoms with E-state index in [1.807, 2.05) is 60.7 Å². The molecule has 0 heterocycles. The van der Waals surface area contributed by atoms with Crippen molar-refractivity contribution < 1.29 is 19.1 Å². The lowest BCUT2D eigenvalue weighted by molar-refractivity contribution is -0.149. The van der Waals surface area contributed by atoms with Crippen LogP contribution < -0.4 is 0 Å². The molecule has 0 aliphatic rings. The Kier molecular flexibility index (Phi) is 7.35. The van der Waals surface area contributed by atoms with Crippen molar-refractivity contribution in [2.24, 2.45) is 0 Å². The fraction of sp³-hybridized carbons (Fsp3) is 0.263. The number of rotatable bonds is 7. The van der Waals surface area contributed by atoms with Crippen LogP contribution in [0.5, 0.6) is 0 Å². The molecule has 0 aliphatic carbocycles. The van der Waals surface area contributed by atoms with Crippen LogP contribution >= 0.6 is 12.6 Å². The highest BCUT2D eigenvalue weighted by Gasteiger charge is 2.28. The molecule has 0 saturated carbocycles. The Hall–Kier alpha value is -2.47. The van der Waals surface area contributed by atoms with Crippen molar-refractivity contribution in [2.45, 2.75) is 19.3 Å². The number of thiol groups is 1. The van der Waals surface area contributed by atoms with Gasteiger partial charge in [-0.3, -0.25) is 4.90 Å². The van der Waals surface area contributed by atoms with Crippen molar-refractivity contribution in [3.05, 3.63) is 71.8 Å². The molecule has 2 rings (SSSR count). The zero-order valence-corrected chi connectivity index (χ0v) is 14.9. The van der Waals surface area contributed by atoms with E-state index in [0.29, 0.717) is 0 Å². The fourth-order valence-corrected chi connectivity index (χ4v) is 2.52. The van der Waals surface area contributed by atoms with Gasteiger partial charge in [-0.25, -0.2) is 9.59 Å². The highest BCUT2D eigenvalue weighted by molar-refractivity contribution is 7.80. The quantitative estimate of drug-likeness (QED) is 0.609. The average Bonchev–Trinajstić information content (AvgIpc) is 2.66. The Morgan fingerprint density at radius 3 is 1.88 bits per heavy atom. The molecule has 0 fully saturated rings.